The molecule has 0 amide bonds. The second-order valence-corrected chi connectivity index (χ2v) is 10.7. The fourth-order valence-corrected chi connectivity index (χ4v) is 6.65. The molecule has 1 aromatic rings. The van der Waals surface area contributed by atoms with Gasteiger partial charge in [-0.05, 0) is 56.9 Å². The number of hydrogen-bond acceptors (Lipinski definition) is 7. The molecule has 1 aromatic carbocycles. The van der Waals surface area contributed by atoms with Crippen LogP contribution in [0.15, 0.2) is 30.3 Å². The smallest absolute Gasteiger partial charge is 0.305 e. The Morgan fingerprint density at radius 2 is 1.91 bits per heavy atom. The van der Waals surface area contributed by atoms with Crippen molar-refractivity contribution in [2.24, 2.45) is 23.7 Å². The van der Waals surface area contributed by atoms with Crippen LogP contribution in [0.25, 0.3) is 0 Å². The SMILES string of the molecule is CCOC(=O)CC[C@@H](O[C@H]1O[C@@H]2O[C@]3(C)CC[C@H]4[C@H](C)CC[C@@H]([C@H]1C)[C@@]24OO3)c1ccccc1. The molecule has 1 saturated carbocycles. The molecule has 34 heavy (non-hydrogen) atoms. The number of hydrogen-bond donors (Lipinski definition) is 0. The normalized spacial score (nSPS) is 41.9. The lowest BCUT2D eigenvalue weighted by molar-refractivity contribution is -0.578. The van der Waals surface area contributed by atoms with Crippen molar-refractivity contribution in [3.05, 3.63) is 35.9 Å². The van der Waals surface area contributed by atoms with Crippen molar-refractivity contribution in [3.8, 4) is 0 Å². The number of fused-ring (bicyclic) bond motifs is 2. The molecule has 7 heteroatoms. The van der Waals surface area contributed by atoms with E-state index >= 15 is 0 Å². The first kappa shape index (κ1) is 24.2. The lowest BCUT2D eigenvalue weighted by Crippen LogP contribution is -2.70. The van der Waals surface area contributed by atoms with Crippen LogP contribution >= 0.6 is 0 Å². The Labute approximate surface area is 202 Å². The van der Waals surface area contributed by atoms with Gasteiger partial charge in [-0.15, -0.1) is 0 Å². The van der Waals surface area contributed by atoms with Gasteiger partial charge in [0.1, 0.15) is 0 Å². The zero-order valence-corrected chi connectivity index (χ0v) is 20.7. The Morgan fingerprint density at radius 1 is 1.12 bits per heavy atom. The van der Waals surface area contributed by atoms with Crippen LogP contribution in [-0.4, -0.2) is 36.5 Å². The van der Waals surface area contributed by atoms with Crippen molar-refractivity contribution < 1.29 is 33.5 Å². The number of ether oxygens (including phenoxy) is 4. The van der Waals surface area contributed by atoms with E-state index in [0.717, 1.165) is 31.2 Å². The van der Waals surface area contributed by atoms with Gasteiger partial charge in [0.2, 0.25) is 5.79 Å². The van der Waals surface area contributed by atoms with Gasteiger partial charge in [-0.2, -0.15) is 0 Å². The Balaban J connectivity index is 1.40. The number of carbonyl (C=O) groups is 1. The monoisotopic (exact) mass is 474 g/mol. The largest absolute Gasteiger partial charge is 0.466 e. The maximum absolute atomic E-state index is 12.1. The van der Waals surface area contributed by atoms with Crippen LogP contribution in [0.4, 0.5) is 0 Å². The molecule has 0 radical (unpaired) electrons. The van der Waals surface area contributed by atoms with Crippen molar-refractivity contribution >= 4 is 5.97 Å². The van der Waals surface area contributed by atoms with Crippen LogP contribution in [0.1, 0.15) is 77.9 Å². The van der Waals surface area contributed by atoms with Crippen molar-refractivity contribution in [2.75, 3.05) is 6.61 Å². The molecule has 5 fully saturated rings. The number of rotatable bonds is 7. The minimum atomic E-state index is -0.814. The maximum atomic E-state index is 12.1. The van der Waals surface area contributed by atoms with Gasteiger partial charge in [-0.1, -0.05) is 44.2 Å². The summed E-state index contributed by atoms with van der Waals surface area (Å²) in [5.74, 6) is 0.0803. The molecule has 188 valence electrons. The Kier molecular flexibility index (Phi) is 6.77. The summed E-state index contributed by atoms with van der Waals surface area (Å²) in [7, 11) is 0. The Bertz CT molecular complexity index is 862. The summed E-state index contributed by atoms with van der Waals surface area (Å²) in [6, 6.07) is 10.0. The molecule has 7 nitrogen and oxygen atoms in total. The third-order valence-electron chi connectivity index (χ3n) is 8.48. The highest BCUT2D eigenvalue weighted by atomic mass is 17.3. The summed E-state index contributed by atoms with van der Waals surface area (Å²) in [5, 5.41) is 0. The van der Waals surface area contributed by atoms with Gasteiger partial charge in [0.05, 0.1) is 12.7 Å². The molecular formula is C27H38O7. The van der Waals surface area contributed by atoms with E-state index in [4.69, 9.17) is 28.7 Å². The Hall–Kier alpha value is -1.51. The van der Waals surface area contributed by atoms with Crippen molar-refractivity contribution in [1.29, 1.82) is 0 Å². The minimum absolute atomic E-state index is 0.0784. The highest BCUT2D eigenvalue weighted by Crippen LogP contribution is 2.60. The van der Waals surface area contributed by atoms with E-state index in [0.29, 0.717) is 24.9 Å². The lowest BCUT2D eigenvalue weighted by Gasteiger charge is -2.60. The van der Waals surface area contributed by atoms with Crippen molar-refractivity contribution in [1.82, 2.24) is 0 Å². The van der Waals surface area contributed by atoms with E-state index in [9.17, 15) is 4.79 Å². The highest BCUT2D eigenvalue weighted by molar-refractivity contribution is 5.69. The third-order valence-corrected chi connectivity index (χ3v) is 8.48. The summed E-state index contributed by atoms with van der Waals surface area (Å²) in [6.07, 6.45) is 3.43. The summed E-state index contributed by atoms with van der Waals surface area (Å²) < 4.78 is 24.9. The van der Waals surface area contributed by atoms with Gasteiger partial charge in [0.15, 0.2) is 18.2 Å². The van der Waals surface area contributed by atoms with Crippen LogP contribution in [-0.2, 0) is 33.5 Å². The molecule has 0 aromatic heterocycles. The fraction of sp³-hybridized carbons (Fsp3) is 0.741. The predicted molar refractivity (Wildman–Crippen MR) is 123 cm³/mol. The van der Waals surface area contributed by atoms with Crippen LogP contribution in [0.2, 0.25) is 0 Å². The first-order chi connectivity index (χ1) is 16.4. The van der Waals surface area contributed by atoms with E-state index in [1.54, 1.807) is 0 Å². The summed E-state index contributed by atoms with van der Waals surface area (Å²) >= 11 is 0. The average Bonchev–Trinajstić information content (AvgIpc) is 3.06. The summed E-state index contributed by atoms with van der Waals surface area (Å²) in [5.41, 5.74) is 0.410. The second-order valence-electron chi connectivity index (χ2n) is 10.7. The summed E-state index contributed by atoms with van der Waals surface area (Å²) in [6.45, 7) is 8.62. The molecule has 4 heterocycles. The molecule has 2 bridgehead atoms. The van der Waals surface area contributed by atoms with Crippen LogP contribution < -0.4 is 0 Å². The fourth-order valence-electron chi connectivity index (χ4n) is 6.65. The lowest BCUT2D eigenvalue weighted by atomic mass is 9.58. The van der Waals surface area contributed by atoms with Gasteiger partial charge in [0, 0.05) is 24.7 Å². The topological polar surface area (TPSA) is 72.5 Å². The van der Waals surface area contributed by atoms with Gasteiger partial charge in [-0.25, -0.2) is 9.78 Å². The van der Waals surface area contributed by atoms with E-state index in [1.165, 1.54) is 0 Å². The second kappa shape index (κ2) is 9.51. The van der Waals surface area contributed by atoms with Crippen molar-refractivity contribution in [2.45, 2.75) is 96.3 Å². The number of benzene rings is 1. The first-order valence-electron chi connectivity index (χ1n) is 12.9. The molecule has 6 rings (SSSR count). The predicted octanol–water partition coefficient (Wildman–Crippen LogP) is 5.30. The standard InChI is InChI=1S/C27H38O7/c1-5-29-23(28)14-13-22(19-9-7-6-8-10-19)30-24-18(3)21-12-11-17(2)20-15-16-26(4)32-25(31-24)27(20,21)34-33-26/h6-10,17-18,20-22,24-25H,5,11-16H2,1-4H3/t17-,18-,20+,21+,22-,24+,25-,26+,27-/m1/s1. The average molecular weight is 475 g/mol. The van der Waals surface area contributed by atoms with Crippen LogP contribution in [0, 0.1) is 23.7 Å². The molecular weight excluding hydrogens is 436 g/mol. The highest BCUT2D eigenvalue weighted by Gasteiger charge is 2.69. The molecule has 1 spiro atoms. The minimum Gasteiger partial charge on any atom is -0.466 e. The molecule has 0 N–H and O–H groups in total. The molecule has 5 aliphatic rings. The number of esters is 1. The van der Waals surface area contributed by atoms with E-state index < -0.39 is 24.0 Å². The number of carbonyl (C=O) groups excluding carboxylic acids is 1. The van der Waals surface area contributed by atoms with Gasteiger partial charge in [0.25, 0.3) is 0 Å². The quantitative estimate of drug-likeness (QED) is 0.392. The van der Waals surface area contributed by atoms with E-state index in [-0.39, 0.29) is 30.3 Å². The zero-order chi connectivity index (χ0) is 23.9. The molecule has 0 unspecified atom stereocenters. The van der Waals surface area contributed by atoms with Crippen LogP contribution in [0.5, 0.6) is 0 Å². The maximum Gasteiger partial charge on any atom is 0.305 e. The van der Waals surface area contributed by atoms with Gasteiger partial charge < -0.3 is 18.9 Å². The van der Waals surface area contributed by atoms with Gasteiger partial charge >= 0.3 is 5.97 Å². The molecule has 4 saturated heterocycles. The summed E-state index contributed by atoms with van der Waals surface area (Å²) in [4.78, 5) is 24.2. The zero-order valence-electron chi connectivity index (χ0n) is 20.7. The molecule has 1 aliphatic carbocycles. The van der Waals surface area contributed by atoms with Crippen LogP contribution in [0.3, 0.4) is 0 Å². The first-order valence-corrected chi connectivity index (χ1v) is 12.9. The van der Waals surface area contributed by atoms with Crippen molar-refractivity contribution in [3.63, 3.8) is 0 Å². The van der Waals surface area contributed by atoms with E-state index in [1.807, 2.05) is 44.2 Å². The third kappa shape index (κ3) is 4.20. The molecule has 9 atom stereocenters. The Morgan fingerprint density at radius 3 is 2.68 bits per heavy atom. The van der Waals surface area contributed by atoms with Gasteiger partial charge in [-0.3, -0.25) is 4.79 Å². The molecule has 4 aliphatic heterocycles. The van der Waals surface area contributed by atoms with E-state index in [2.05, 4.69) is 13.8 Å².